The Morgan fingerprint density at radius 1 is 1.05 bits per heavy atom. The van der Waals surface area contributed by atoms with E-state index in [0.717, 1.165) is 18.8 Å². The molecule has 0 aliphatic rings. The third-order valence-electron chi connectivity index (χ3n) is 3.39. The monoisotopic (exact) mass is 292 g/mol. The molecule has 1 aromatic rings. The van der Waals surface area contributed by atoms with Crippen molar-refractivity contribution >= 4 is 17.6 Å². The van der Waals surface area contributed by atoms with Crippen molar-refractivity contribution in [2.75, 3.05) is 38.2 Å². The van der Waals surface area contributed by atoms with Crippen LogP contribution in [0.2, 0.25) is 0 Å². The van der Waals surface area contributed by atoms with E-state index in [1.54, 1.807) is 43.1 Å². The van der Waals surface area contributed by atoms with Gasteiger partial charge in [-0.15, -0.1) is 0 Å². The van der Waals surface area contributed by atoms with E-state index in [4.69, 9.17) is 4.74 Å². The van der Waals surface area contributed by atoms with Gasteiger partial charge in [0.05, 0.1) is 18.7 Å². The van der Waals surface area contributed by atoms with Gasteiger partial charge in [0.1, 0.15) is 0 Å². The number of hydrogen-bond acceptors (Lipinski definition) is 4. The van der Waals surface area contributed by atoms with Gasteiger partial charge in [-0.3, -0.25) is 9.69 Å². The molecule has 0 aliphatic heterocycles. The first-order valence-corrected chi connectivity index (χ1v) is 7.29. The summed E-state index contributed by atoms with van der Waals surface area (Å²) in [5.74, 6) is -0.316. The zero-order valence-corrected chi connectivity index (χ0v) is 13.3. The fraction of sp³-hybridized carbons (Fsp3) is 0.500. The topological polar surface area (TPSA) is 49.9 Å². The Morgan fingerprint density at radius 3 is 2.10 bits per heavy atom. The summed E-state index contributed by atoms with van der Waals surface area (Å²) in [4.78, 5) is 27.4. The average Bonchev–Trinajstić information content (AvgIpc) is 2.52. The maximum absolute atomic E-state index is 12.2. The Morgan fingerprint density at radius 2 is 1.62 bits per heavy atom. The lowest BCUT2D eigenvalue weighted by Gasteiger charge is -2.23. The summed E-state index contributed by atoms with van der Waals surface area (Å²) < 4.78 is 4.93. The van der Waals surface area contributed by atoms with Crippen molar-refractivity contribution < 1.29 is 14.3 Å². The summed E-state index contributed by atoms with van der Waals surface area (Å²) in [6.07, 6.45) is 0. The van der Waals surface area contributed by atoms with Crippen molar-refractivity contribution in [3.05, 3.63) is 29.8 Å². The molecule has 0 aliphatic carbocycles. The smallest absolute Gasteiger partial charge is 0.338 e. The van der Waals surface area contributed by atoms with Gasteiger partial charge < -0.3 is 9.64 Å². The molecular formula is C16H24N2O3. The van der Waals surface area contributed by atoms with Crippen LogP contribution in [0, 0.1) is 0 Å². The highest BCUT2D eigenvalue weighted by atomic mass is 16.5. The van der Waals surface area contributed by atoms with Crippen molar-refractivity contribution in [3.8, 4) is 0 Å². The molecule has 0 fully saturated rings. The van der Waals surface area contributed by atoms with Gasteiger partial charge in [-0.25, -0.2) is 4.79 Å². The first-order chi connectivity index (χ1) is 10.0. The third kappa shape index (κ3) is 4.86. The summed E-state index contributed by atoms with van der Waals surface area (Å²) in [5.41, 5.74) is 1.25. The summed E-state index contributed by atoms with van der Waals surface area (Å²) in [5, 5.41) is 0. The van der Waals surface area contributed by atoms with Crippen molar-refractivity contribution in [2.45, 2.75) is 20.8 Å². The molecule has 116 valence electrons. The highest BCUT2D eigenvalue weighted by molar-refractivity contribution is 5.95. The zero-order valence-electron chi connectivity index (χ0n) is 13.3. The number of esters is 1. The number of anilines is 1. The molecule has 0 heterocycles. The van der Waals surface area contributed by atoms with Crippen LogP contribution in [0.25, 0.3) is 0 Å². The molecule has 0 atom stereocenters. The van der Waals surface area contributed by atoms with E-state index in [9.17, 15) is 9.59 Å². The van der Waals surface area contributed by atoms with Crippen LogP contribution in [0.5, 0.6) is 0 Å². The lowest BCUT2D eigenvalue weighted by Crippen LogP contribution is -2.38. The minimum absolute atomic E-state index is 0.0302. The van der Waals surface area contributed by atoms with Crippen LogP contribution in [0.15, 0.2) is 24.3 Å². The summed E-state index contributed by atoms with van der Waals surface area (Å²) >= 11 is 0. The molecule has 0 saturated carbocycles. The van der Waals surface area contributed by atoms with Crippen LogP contribution in [0.3, 0.4) is 0 Å². The molecule has 1 rings (SSSR count). The van der Waals surface area contributed by atoms with Gasteiger partial charge in [-0.2, -0.15) is 0 Å². The molecule has 21 heavy (non-hydrogen) atoms. The second-order valence-corrected chi connectivity index (χ2v) is 4.68. The third-order valence-corrected chi connectivity index (χ3v) is 3.39. The lowest BCUT2D eigenvalue weighted by atomic mass is 10.2. The van der Waals surface area contributed by atoms with Crippen molar-refractivity contribution in [1.29, 1.82) is 0 Å². The van der Waals surface area contributed by atoms with Crippen LogP contribution in [0.1, 0.15) is 31.1 Å². The average molecular weight is 292 g/mol. The maximum Gasteiger partial charge on any atom is 0.338 e. The molecule has 5 heteroatoms. The standard InChI is InChI=1S/C16H24N2O3/c1-5-18(6-2)12-15(19)17(4)14-10-8-13(9-11-14)16(20)21-7-3/h8-11H,5-7,12H2,1-4H3. The molecule has 0 N–H and O–H groups in total. The molecule has 0 bridgehead atoms. The number of benzene rings is 1. The van der Waals surface area contributed by atoms with Crippen LogP contribution in [-0.4, -0.2) is 50.1 Å². The van der Waals surface area contributed by atoms with E-state index >= 15 is 0 Å². The largest absolute Gasteiger partial charge is 0.462 e. The Balaban J connectivity index is 2.72. The zero-order chi connectivity index (χ0) is 15.8. The predicted molar refractivity (Wildman–Crippen MR) is 83.6 cm³/mol. The second-order valence-electron chi connectivity index (χ2n) is 4.68. The highest BCUT2D eigenvalue weighted by Crippen LogP contribution is 2.15. The Hall–Kier alpha value is -1.88. The lowest BCUT2D eigenvalue weighted by molar-refractivity contribution is -0.119. The van der Waals surface area contributed by atoms with Crippen molar-refractivity contribution in [3.63, 3.8) is 0 Å². The van der Waals surface area contributed by atoms with E-state index < -0.39 is 0 Å². The number of carbonyl (C=O) groups is 2. The Bertz CT molecular complexity index is 467. The fourth-order valence-electron chi connectivity index (χ4n) is 1.92. The number of ether oxygens (including phenoxy) is 1. The van der Waals surface area contributed by atoms with Gasteiger partial charge in [0, 0.05) is 12.7 Å². The van der Waals surface area contributed by atoms with E-state index in [1.165, 1.54) is 0 Å². The summed E-state index contributed by atoms with van der Waals surface area (Å²) in [6, 6.07) is 6.86. The van der Waals surface area contributed by atoms with Crippen LogP contribution >= 0.6 is 0 Å². The van der Waals surface area contributed by atoms with Gasteiger partial charge in [-0.05, 0) is 44.3 Å². The molecule has 0 unspecified atom stereocenters. The van der Waals surface area contributed by atoms with E-state index in [2.05, 4.69) is 4.90 Å². The van der Waals surface area contributed by atoms with Gasteiger partial charge in [0.2, 0.25) is 5.91 Å². The fourth-order valence-corrected chi connectivity index (χ4v) is 1.92. The van der Waals surface area contributed by atoms with Crippen LogP contribution in [-0.2, 0) is 9.53 Å². The number of nitrogens with zero attached hydrogens (tertiary/aromatic N) is 2. The van der Waals surface area contributed by atoms with Gasteiger partial charge in [-0.1, -0.05) is 13.8 Å². The second kappa shape index (κ2) is 8.42. The number of hydrogen-bond donors (Lipinski definition) is 0. The van der Waals surface area contributed by atoms with Crippen molar-refractivity contribution in [2.24, 2.45) is 0 Å². The SMILES string of the molecule is CCOC(=O)c1ccc(N(C)C(=O)CN(CC)CC)cc1. The quantitative estimate of drug-likeness (QED) is 0.723. The Labute approximate surface area is 126 Å². The minimum Gasteiger partial charge on any atom is -0.462 e. The van der Waals surface area contributed by atoms with E-state index in [-0.39, 0.29) is 11.9 Å². The number of carbonyl (C=O) groups excluding carboxylic acids is 2. The van der Waals surface area contributed by atoms with Gasteiger partial charge in [0.25, 0.3) is 0 Å². The molecule has 0 saturated heterocycles. The highest BCUT2D eigenvalue weighted by Gasteiger charge is 2.14. The molecule has 0 aromatic heterocycles. The maximum atomic E-state index is 12.2. The van der Waals surface area contributed by atoms with E-state index in [1.807, 2.05) is 13.8 Å². The summed E-state index contributed by atoms with van der Waals surface area (Å²) in [6.45, 7) is 8.27. The molecule has 1 amide bonds. The van der Waals surface area contributed by atoms with Gasteiger partial charge >= 0.3 is 5.97 Å². The van der Waals surface area contributed by atoms with Crippen LogP contribution in [0.4, 0.5) is 5.69 Å². The Kier molecular flexibility index (Phi) is 6.88. The number of likely N-dealkylation sites (N-methyl/N-ethyl adjacent to an activating group) is 2. The number of amides is 1. The van der Waals surface area contributed by atoms with E-state index in [0.29, 0.717) is 18.7 Å². The molecular weight excluding hydrogens is 268 g/mol. The first kappa shape index (κ1) is 17.2. The molecule has 5 nitrogen and oxygen atoms in total. The first-order valence-electron chi connectivity index (χ1n) is 7.29. The molecule has 0 radical (unpaired) electrons. The normalized spacial score (nSPS) is 10.5. The van der Waals surface area contributed by atoms with Crippen molar-refractivity contribution in [1.82, 2.24) is 4.90 Å². The van der Waals surface area contributed by atoms with Crippen LogP contribution < -0.4 is 4.90 Å². The number of rotatable bonds is 7. The predicted octanol–water partition coefficient (Wildman–Crippen LogP) is 2.17. The molecule has 1 aromatic carbocycles. The van der Waals surface area contributed by atoms with Gasteiger partial charge in [0.15, 0.2) is 0 Å². The minimum atomic E-state index is -0.346. The summed E-state index contributed by atoms with van der Waals surface area (Å²) in [7, 11) is 1.74. The molecule has 0 spiro atoms.